The van der Waals surface area contributed by atoms with Crippen molar-refractivity contribution in [1.82, 2.24) is 0 Å². The van der Waals surface area contributed by atoms with E-state index in [0.717, 1.165) is 18.4 Å². The summed E-state index contributed by atoms with van der Waals surface area (Å²) in [4.78, 5) is 0. The lowest BCUT2D eigenvalue weighted by atomic mass is 10.1. The van der Waals surface area contributed by atoms with E-state index in [2.05, 4.69) is 0 Å². The maximum atomic E-state index is 12.7. The fraction of sp³-hybridized carbons (Fsp3) is 0.333. The lowest BCUT2D eigenvalue weighted by Crippen LogP contribution is -2.16. The van der Waals surface area contributed by atoms with Gasteiger partial charge in [-0.2, -0.15) is 0 Å². The highest BCUT2D eigenvalue weighted by atomic mass is 35.5. The Labute approximate surface area is 75.1 Å². The van der Waals surface area contributed by atoms with Crippen molar-refractivity contribution in [1.29, 1.82) is 0 Å². The van der Waals surface area contributed by atoms with E-state index in [-0.39, 0.29) is 11.4 Å². The van der Waals surface area contributed by atoms with Gasteiger partial charge in [-0.3, -0.25) is 0 Å². The molecule has 1 aromatic carbocycles. The monoisotopic (exact) mass is 186 g/mol. The van der Waals surface area contributed by atoms with Crippen molar-refractivity contribution in [3.8, 4) is 5.75 Å². The van der Waals surface area contributed by atoms with Crippen LogP contribution in [0.25, 0.3) is 0 Å². The van der Waals surface area contributed by atoms with Crippen molar-refractivity contribution < 1.29 is 9.13 Å². The molecule has 1 atom stereocenters. The summed E-state index contributed by atoms with van der Waals surface area (Å²) in [6, 6.07) is 4.51. The first-order valence-electron chi connectivity index (χ1n) is 3.85. The molecule has 0 aliphatic carbocycles. The van der Waals surface area contributed by atoms with Gasteiger partial charge in [0.15, 0.2) is 5.56 Å². The number of halogens is 2. The smallest absolute Gasteiger partial charge is 0.172 e. The molecule has 0 saturated carbocycles. The third-order valence-electron chi connectivity index (χ3n) is 1.92. The maximum absolute atomic E-state index is 12.7. The van der Waals surface area contributed by atoms with Gasteiger partial charge in [0.25, 0.3) is 0 Å². The van der Waals surface area contributed by atoms with Gasteiger partial charge in [-0.15, -0.1) is 0 Å². The Bertz CT molecular complexity index is 301. The summed E-state index contributed by atoms with van der Waals surface area (Å²) in [5, 5.41) is 0. The molecule has 0 radical (unpaired) electrons. The fourth-order valence-electron chi connectivity index (χ4n) is 1.32. The molecule has 3 heteroatoms. The summed E-state index contributed by atoms with van der Waals surface area (Å²) in [6.07, 6.45) is 1.54. The van der Waals surface area contributed by atoms with Gasteiger partial charge in [-0.1, -0.05) is 11.6 Å². The van der Waals surface area contributed by atoms with Gasteiger partial charge in [-0.05, 0) is 30.2 Å². The highest BCUT2D eigenvalue weighted by molar-refractivity contribution is 6.19. The highest BCUT2D eigenvalue weighted by Crippen LogP contribution is 2.29. The van der Waals surface area contributed by atoms with Crippen LogP contribution in [-0.2, 0) is 6.42 Å². The van der Waals surface area contributed by atoms with E-state index < -0.39 is 0 Å². The third kappa shape index (κ3) is 1.39. The lowest BCUT2D eigenvalue weighted by Gasteiger charge is -2.21. The predicted molar refractivity (Wildman–Crippen MR) is 45.0 cm³/mol. The lowest BCUT2D eigenvalue weighted by molar-refractivity contribution is 0.248. The molecule has 0 fully saturated rings. The van der Waals surface area contributed by atoms with E-state index in [4.69, 9.17) is 16.3 Å². The summed E-state index contributed by atoms with van der Waals surface area (Å²) >= 11 is 5.77. The predicted octanol–water partition coefficient (Wildman–Crippen LogP) is 2.72. The molecule has 1 unspecified atom stereocenters. The molecule has 0 bridgehead atoms. The fourth-order valence-corrected chi connectivity index (χ4v) is 1.53. The minimum atomic E-state index is -0.261. The second kappa shape index (κ2) is 2.94. The molecule has 0 N–H and O–H groups in total. The van der Waals surface area contributed by atoms with Gasteiger partial charge in [0.1, 0.15) is 11.6 Å². The number of fused-ring (bicyclic) bond motifs is 1. The van der Waals surface area contributed by atoms with E-state index in [0.29, 0.717) is 5.75 Å². The van der Waals surface area contributed by atoms with Gasteiger partial charge in [0.05, 0.1) is 0 Å². The van der Waals surface area contributed by atoms with E-state index in [1.54, 1.807) is 6.07 Å². The minimum Gasteiger partial charge on any atom is -0.474 e. The highest BCUT2D eigenvalue weighted by Gasteiger charge is 2.17. The Morgan fingerprint density at radius 1 is 1.50 bits per heavy atom. The van der Waals surface area contributed by atoms with Crippen LogP contribution >= 0.6 is 11.6 Å². The van der Waals surface area contributed by atoms with Crippen molar-refractivity contribution in [2.24, 2.45) is 0 Å². The number of alkyl halides is 1. The van der Waals surface area contributed by atoms with Crippen LogP contribution in [-0.4, -0.2) is 5.56 Å². The largest absolute Gasteiger partial charge is 0.474 e. The number of benzene rings is 1. The summed E-state index contributed by atoms with van der Waals surface area (Å²) in [6.45, 7) is 0. The standard InChI is InChI=1S/C9H8ClFO/c10-9-4-1-6-5-7(11)2-3-8(6)12-9/h2-3,5,9H,1,4H2. The van der Waals surface area contributed by atoms with Gasteiger partial charge in [-0.25, -0.2) is 4.39 Å². The number of hydrogen-bond donors (Lipinski definition) is 0. The van der Waals surface area contributed by atoms with E-state index >= 15 is 0 Å². The number of rotatable bonds is 0. The van der Waals surface area contributed by atoms with Crippen LogP contribution in [0.3, 0.4) is 0 Å². The first kappa shape index (κ1) is 7.87. The molecule has 64 valence electrons. The van der Waals surface area contributed by atoms with Crippen LogP contribution in [0.2, 0.25) is 0 Å². The van der Waals surface area contributed by atoms with Crippen LogP contribution in [0, 0.1) is 5.82 Å². The second-order valence-corrected chi connectivity index (χ2v) is 3.31. The summed E-state index contributed by atoms with van der Waals surface area (Å²) in [7, 11) is 0. The van der Waals surface area contributed by atoms with Crippen molar-refractivity contribution in [3.63, 3.8) is 0 Å². The molecule has 1 aromatic rings. The summed E-state index contributed by atoms with van der Waals surface area (Å²) in [5.74, 6) is 0.494. The van der Waals surface area contributed by atoms with Crippen LogP contribution in [0.1, 0.15) is 12.0 Å². The number of hydrogen-bond acceptors (Lipinski definition) is 1. The van der Waals surface area contributed by atoms with Crippen LogP contribution in [0.4, 0.5) is 4.39 Å². The molecule has 2 rings (SSSR count). The van der Waals surface area contributed by atoms with Crippen LogP contribution in [0.15, 0.2) is 18.2 Å². The van der Waals surface area contributed by atoms with Gasteiger partial charge in [0, 0.05) is 6.42 Å². The molecule has 0 saturated heterocycles. The SMILES string of the molecule is Fc1ccc2c(c1)CCC(Cl)O2. The first-order valence-corrected chi connectivity index (χ1v) is 4.28. The van der Waals surface area contributed by atoms with E-state index in [1.165, 1.54) is 12.1 Å². The first-order chi connectivity index (χ1) is 5.75. The topological polar surface area (TPSA) is 9.23 Å². The zero-order valence-electron chi connectivity index (χ0n) is 6.39. The second-order valence-electron chi connectivity index (χ2n) is 2.82. The molecule has 0 aromatic heterocycles. The molecule has 1 aliphatic heterocycles. The summed E-state index contributed by atoms with van der Waals surface area (Å²) in [5.41, 5.74) is 0.648. The van der Waals surface area contributed by atoms with Crippen molar-refractivity contribution >= 4 is 11.6 Å². The molecular formula is C9H8ClFO. The molecule has 1 aliphatic rings. The van der Waals surface area contributed by atoms with Gasteiger partial charge < -0.3 is 4.74 Å². The normalized spacial score (nSPS) is 21.3. The molecular weight excluding hydrogens is 179 g/mol. The quantitative estimate of drug-likeness (QED) is 0.566. The minimum absolute atomic E-state index is 0.217. The Morgan fingerprint density at radius 2 is 2.33 bits per heavy atom. The van der Waals surface area contributed by atoms with Crippen molar-refractivity contribution in [2.75, 3.05) is 0 Å². The molecule has 1 nitrogen and oxygen atoms in total. The van der Waals surface area contributed by atoms with Gasteiger partial charge in [0.2, 0.25) is 0 Å². The Morgan fingerprint density at radius 3 is 3.17 bits per heavy atom. The Kier molecular flexibility index (Phi) is 1.93. The Hall–Kier alpha value is -0.760. The average molecular weight is 187 g/mol. The van der Waals surface area contributed by atoms with Crippen LogP contribution in [0.5, 0.6) is 5.75 Å². The van der Waals surface area contributed by atoms with Crippen LogP contribution < -0.4 is 4.74 Å². The zero-order valence-corrected chi connectivity index (χ0v) is 7.14. The van der Waals surface area contributed by atoms with E-state index in [9.17, 15) is 4.39 Å². The molecule has 0 amide bonds. The number of aryl methyl sites for hydroxylation is 1. The maximum Gasteiger partial charge on any atom is 0.172 e. The van der Waals surface area contributed by atoms with Gasteiger partial charge >= 0.3 is 0 Å². The molecule has 0 spiro atoms. The molecule has 1 heterocycles. The van der Waals surface area contributed by atoms with Crippen molar-refractivity contribution in [3.05, 3.63) is 29.6 Å². The van der Waals surface area contributed by atoms with E-state index in [1.807, 2.05) is 0 Å². The summed E-state index contributed by atoms with van der Waals surface area (Å²) < 4.78 is 18.0. The zero-order chi connectivity index (χ0) is 8.55. The third-order valence-corrected chi connectivity index (χ3v) is 2.23. The molecule has 12 heavy (non-hydrogen) atoms. The number of ether oxygens (including phenoxy) is 1. The average Bonchev–Trinajstić information content (AvgIpc) is 2.05. The Balaban J connectivity index is 2.37. The van der Waals surface area contributed by atoms with Crippen molar-refractivity contribution in [2.45, 2.75) is 18.4 Å².